The molecule has 0 saturated heterocycles. The maximum absolute atomic E-state index is 10.8. The van der Waals surface area contributed by atoms with Crippen molar-refractivity contribution in [1.82, 2.24) is 0 Å². The predicted octanol–water partition coefficient (Wildman–Crippen LogP) is 9.21. The van der Waals surface area contributed by atoms with Crippen molar-refractivity contribution in [1.29, 1.82) is 0 Å². The summed E-state index contributed by atoms with van der Waals surface area (Å²) in [6.45, 7) is 28.6. The van der Waals surface area contributed by atoms with Crippen molar-refractivity contribution in [2.24, 2.45) is 0 Å². The molecule has 0 unspecified atom stereocenters. The molecule has 2 aliphatic rings. The van der Waals surface area contributed by atoms with E-state index in [2.05, 4.69) is 235 Å². The normalized spacial score (nSPS) is 15.3. The van der Waals surface area contributed by atoms with Crippen LogP contribution in [0.3, 0.4) is 0 Å². The molecule has 0 amide bonds. The van der Waals surface area contributed by atoms with Crippen molar-refractivity contribution in [3.8, 4) is 0 Å². The first-order valence-corrected chi connectivity index (χ1v) is 22.5. The molecule has 2 saturated carbocycles. The van der Waals surface area contributed by atoms with Gasteiger partial charge in [0.25, 0.3) is 0 Å². The van der Waals surface area contributed by atoms with E-state index in [1.165, 1.54) is 109 Å². The van der Waals surface area contributed by atoms with Gasteiger partial charge in [-0.15, -0.1) is 0 Å². The van der Waals surface area contributed by atoms with E-state index in [1.807, 2.05) is 0 Å². The van der Waals surface area contributed by atoms with Crippen LogP contribution in [0.4, 0.5) is 0 Å². The summed E-state index contributed by atoms with van der Waals surface area (Å²) in [6.07, 6.45) is -0.326. The summed E-state index contributed by atoms with van der Waals surface area (Å²) in [5.74, 6) is 11.9. The number of hydrogen-bond donors (Lipinski definition) is 0. The third-order valence-corrected chi connectivity index (χ3v) is 13.2. The van der Waals surface area contributed by atoms with Crippen molar-refractivity contribution in [3.63, 3.8) is 0 Å². The number of methoxy groups -OCH3 is 4. The van der Waals surface area contributed by atoms with E-state index in [4.69, 9.17) is 0 Å². The monoisotopic (exact) mass is 1140 g/mol. The van der Waals surface area contributed by atoms with Gasteiger partial charge in [-0.1, -0.05) is 209 Å². The second kappa shape index (κ2) is 32.5. The molecule has 0 aliphatic heterocycles. The summed E-state index contributed by atoms with van der Waals surface area (Å²) >= 11 is 4.49. The van der Waals surface area contributed by atoms with Gasteiger partial charge in [0.05, 0.1) is 39.6 Å². The van der Waals surface area contributed by atoms with Crippen LogP contribution in [0.5, 0.6) is 0 Å². The molecular formula is C58H67BO8Rh2S+2. The Bertz CT molecular complexity index is 1930. The van der Waals surface area contributed by atoms with E-state index in [0.717, 1.165) is 6.08 Å². The number of rotatable bonds is 9. The summed E-state index contributed by atoms with van der Waals surface area (Å²) < 4.78 is 17.1. The smallest absolute Gasteiger partial charge is 0.773 e. The van der Waals surface area contributed by atoms with E-state index in [0.29, 0.717) is 0 Å². The molecule has 0 atom stereocenters. The number of carbonyl (C=O) groups is 4. The predicted molar refractivity (Wildman–Crippen MR) is 281 cm³/mol. The van der Waals surface area contributed by atoms with Crippen LogP contribution in [-0.4, -0.2) is 58.5 Å². The quantitative estimate of drug-likeness (QED) is 0.0406. The van der Waals surface area contributed by atoms with E-state index in [-0.39, 0.29) is 55.0 Å². The molecule has 2 fully saturated rings. The van der Waals surface area contributed by atoms with Gasteiger partial charge < -0.3 is 31.6 Å². The second-order valence-electron chi connectivity index (χ2n) is 16.2. The Morgan fingerprint density at radius 2 is 0.586 bits per heavy atom. The Hall–Kier alpha value is -4.49. The van der Waals surface area contributed by atoms with Gasteiger partial charge in [-0.05, 0) is 59.2 Å². The second-order valence-corrected chi connectivity index (χ2v) is 16.7. The average Bonchev–Trinajstić information content (AvgIpc) is 3.65. The van der Waals surface area contributed by atoms with E-state index < -0.39 is 30.0 Å². The SMILES string of the molecule is C=C(C(=C)C(=O)OC)C(=O)OC.COC(=O)/C=C(/[S-])C(=O)OC.C[C]1[C](C)[C](C)[C](C)[C]1C.C[C]1[C](C)[C](C)[C](C)[C]1C.[Rh+2].[Rh+2].c1ccc([B-](c2ccccc2)(c2ccccc2)c2ccccc2)cc1. The van der Waals surface area contributed by atoms with Gasteiger partial charge in [0, 0.05) is 6.08 Å². The maximum Gasteiger partial charge on any atom is 2.00 e. The van der Waals surface area contributed by atoms with Gasteiger partial charge in [-0.25, -0.2) is 19.2 Å². The fourth-order valence-electron chi connectivity index (χ4n) is 7.75. The number of carbonyl (C=O) groups excluding carboxylic acids is 4. The van der Waals surface area contributed by atoms with Crippen LogP contribution in [0.2, 0.25) is 0 Å². The Kier molecular flexibility index (Phi) is 30.4. The molecule has 12 heteroatoms. The van der Waals surface area contributed by atoms with Gasteiger partial charge in [0.15, 0.2) is 0 Å². The number of benzene rings is 4. The molecule has 0 heterocycles. The summed E-state index contributed by atoms with van der Waals surface area (Å²) in [6, 6.07) is 43.5. The molecule has 8 nitrogen and oxygen atoms in total. The van der Waals surface area contributed by atoms with Crippen LogP contribution in [0.15, 0.2) is 157 Å². The first kappa shape index (κ1) is 65.5. The van der Waals surface area contributed by atoms with Crippen LogP contribution < -0.4 is 21.9 Å². The number of esters is 4. The number of ether oxygens (including phenoxy) is 4. The molecule has 0 spiro atoms. The molecule has 4 aromatic carbocycles. The van der Waals surface area contributed by atoms with Crippen molar-refractivity contribution < 1.29 is 77.1 Å². The van der Waals surface area contributed by atoms with Crippen LogP contribution in [-0.2, 0) is 89.7 Å². The Labute approximate surface area is 452 Å². The van der Waals surface area contributed by atoms with Crippen molar-refractivity contribution in [2.45, 2.75) is 69.2 Å². The molecular weight excluding hydrogens is 1070 g/mol. The first-order valence-electron chi connectivity index (χ1n) is 22.1. The fourth-order valence-corrected chi connectivity index (χ4v) is 7.93. The molecule has 2 aliphatic carbocycles. The first-order chi connectivity index (χ1) is 32.2. The van der Waals surface area contributed by atoms with Crippen molar-refractivity contribution >= 4 is 64.5 Å². The van der Waals surface area contributed by atoms with Gasteiger partial charge in [-0.2, -0.15) is 21.9 Å². The summed E-state index contributed by atoms with van der Waals surface area (Å²) in [7, 11) is 4.76. The Balaban J connectivity index is 0.000000907. The van der Waals surface area contributed by atoms with Crippen molar-refractivity contribution in [3.05, 3.63) is 216 Å². The molecule has 0 aromatic heterocycles. The summed E-state index contributed by atoms with van der Waals surface area (Å²) in [5, 5.41) is 0. The van der Waals surface area contributed by atoms with Crippen LogP contribution in [0.1, 0.15) is 69.2 Å². The summed E-state index contributed by atoms with van der Waals surface area (Å²) in [5.41, 5.74) is 5.17. The Morgan fingerprint density at radius 3 is 0.757 bits per heavy atom. The zero-order chi connectivity index (χ0) is 51.3. The fraction of sp³-hybridized carbons (Fsp3) is 0.241. The third kappa shape index (κ3) is 17.4. The van der Waals surface area contributed by atoms with Gasteiger partial charge in [-0.3, -0.25) is 0 Å². The van der Waals surface area contributed by atoms with Gasteiger partial charge >= 0.3 is 62.8 Å². The van der Waals surface area contributed by atoms with E-state index in [9.17, 15) is 19.2 Å². The Morgan fingerprint density at radius 1 is 0.386 bits per heavy atom. The minimum absolute atomic E-state index is 0. The molecule has 0 bridgehead atoms. The van der Waals surface area contributed by atoms with Crippen molar-refractivity contribution in [2.75, 3.05) is 28.4 Å². The van der Waals surface area contributed by atoms with E-state index >= 15 is 0 Å². The molecule has 6 rings (SSSR count). The topological polar surface area (TPSA) is 105 Å². The minimum Gasteiger partial charge on any atom is -0.773 e. The third-order valence-electron chi connectivity index (χ3n) is 12.9. The molecule has 0 N–H and O–H groups in total. The zero-order valence-electron chi connectivity index (χ0n) is 43.0. The van der Waals surface area contributed by atoms with E-state index in [1.54, 1.807) is 0 Å². The maximum atomic E-state index is 10.8. The minimum atomic E-state index is -1.22. The summed E-state index contributed by atoms with van der Waals surface area (Å²) in [4.78, 5) is 42.4. The largest absolute Gasteiger partial charge is 2.00 e. The van der Waals surface area contributed by atoms with Crippen LogP contribution in [0, 0.1) is 59.2 Å². The molecule has 70 heavy (non-hydrogen) atoms. The molecule has 372 valence electrons. The van der Waals surface area contributed by atoms with Crippen LogP contribution >= 0.6 is 0 Å². The molecule has 4 aromatic rings. The van der Waals surface area contributed by atoms with Gasteiger partial charge in [0.1, 0.15) is 6.15 Å². The van der Waals surface area contributed by atoms with Crippen LogP contribution in [0.25, 0.3) is 0 Å². The average molecular weight is 1140 g/mol. The van der Waals surface area contributed by atoms with Gasteiger partial charge in [0.2, 0.25) is 0 Å². The zero-order valence-corrected chi connectivity index (χ0v) is 47.1. The standard InChI is InChI=1S/C24H20B.2C10H15.C8H10O4.C6H8O4S.2Rh/c1-5-13-21(14-6-1)25(22-15-7-2-8-16-22,23-17-9-3-10-18-23)24-19-11-4-12-20-24;2*1-6-7(2)9(4)10(5)8(6)3;1-5(7(9)11-3)6(2)8(10)12-4;1-9-5(7)3-4(11)6(8)10-2;;/h1-20H;2*1-5H3;1-2H2,3-4H3;3,11H,1-2H3;;/q-1;;;;;2*+2/p-1/b;;;;4-3+;;. The number of hydrogen-bond acceptors (Lipinski definition) is 9. The molecule has 12 radical (unpaired) electrons.